The van der Waals surface area contributed by atoms with Crippen LogP contribution in [-0.4, -0.2) is 36.6 Å². The molecule has 9 heteroatoms. The van der Waals surface area contributed by atoms with Crippen molar-refractivity contribution in [3.05, 3.63) is 51.9 Å². The first kappa shape index (κ1) is 18.5. The van der Waals surface area contributed by atoms with Gasteiger partial charge in [0.05, 0.1) is 23.7 Å². The second-order valence-electron chi connectivity index (χ2n) is 5.91. The summed E-state index contributed by atoms with van der Waals surface area (Å²) in [4.78, 5) is 26.4. The predicted octanol–water partition coefficient (Wildman–Crippen LogP) is 4.18. The Morgan fingerprint density at radius 2 is 2.04 bits per heavy atom. The van der Waals surface area contributed by atoms with Crippen LogP contribution < -0.4 is 19.5 Å². The molecular formula is C19H15ClN2O5S. The van der Waals surface area contributed by atoms with Gasteiger partial charge in [0.1, 0.15) is 5.75 Å². The highest BCUT2D eigenvalue weighted by atomic mass is 35.5. The monoisotopic (exact) mass is 418 g/mol. The third-order valence-corrected chi connectivity index (χ3v) is 5.36. The Bertz CT molecular complexity index is 994. The van der Waals surface area contributed by atoms with E-state index >= 15 is 0 Å². The molecule has 0 aromatic heterocycles. The minimum atomic E-state index is -0.361. The van der Waals surface area contributed by atoms with E-state index in [1.165, 1.54) is 7.11 Å². The number of methoxy groups -OCH3 is 1. The fourth-order valence-corrected chi connectivity index (χ4v) is 3.83. The number of carbonyl (C=O) groups excluding carboxylic acids is 2. The van der Waals surface area contributed by atoms with Crippen LogP contribution >= 0.6 is 23.4 Å². The highest BCUT2D eigenvalue weighted by molar-refractivity contribution is 8.18. The van der Waals surface area contributed by atoms with Gasteiger partial charge in [-0.15, -0.1) is 0 Å². The summed E-state index contributed by atoms with van der Waals surface area (Å²) in [6.45, 7) is 0.210. The van der Waals surface area contributed by atoms with Gasteiger partial charge in [-0.05, 0) is 53.7 Å². The van der Waals surface area contributed by atoms with Gasteiger partial charge in [-0.2, -0.15) is 0 Å². The average Bonchev–Trinajstić information content (AvgIpc) is 3.25. The third kappa shape index (κ3) is 3.61. The molecule has 28 heavy (non-hydrogen) atoms. The maximum Gasteiger partial charge on any atom is 0.295 e. The lowest BCUT2D eigenvalue weighted by Crippen LogP contribution is -2.33. The van der Waals surface area contributed by atoms with Crippen molar-refractivity contribution >= 4 is 46.3 Å². The van der Waals surface area contributed by atoms with Crippen LogP contribution in [0.3, 0.4) is 0 Å². The van der Waals surface area contributed by atoms with Crippen molar-refractivity contribution in [1.82, 2.24) is 4.90 Å². The van der Waals surface area contributed by atoms with E-state index in [1.54, 1.807) is 42.5 Å². The Hall–Kier alpha value is -2.84. The fraction of sp³-hybridized carbons (Fsp3) is 0.158. The number of imide groups is 1. The first-order valence-electron chi connectivity index (χ1n) is 8.27. The zero-order valence-corrected chi connectivity index (χ0v) is 16.3. The van der Waals surface area contributed by atoms with E-state index in [9.17, 15) is 9.59 Å². The van der Waals surface area contributed by atoms with Gasteiger partial charge in [-0.3, -0.25) is 14.5 Å². The van der Waals surface area contributed by atoms with E-state index < -0.39 is 0 Å². The number of fused-ring (bicyclic) bond motifs is 1. The van der Waals surface area contributed by atoms with Crippen molar-refractivity contribution in [1.29, 1.82) is 0 Å². The number of hydrogen-bond donors (Lipinski definition) is 1. The number of hydrogen-bond acceptors (Lipinski definition) is 7. The van der Waals surface area contributed by atoms with Crippen LogP contribution in [0.15, 0.2) is 41.3 Å². The van der Waals surface area contributed by atoms with Crippen LogP contribution in [0, 0.1) is 0 Å². The summed E-state index contributed by atoms with van der Waals surface area (Å²) in [5, 5.41) is 3.12. The van der Waals surface area contributed by atoms with Crippen LogP contribution in [-0.2, 0) is 4.79 Å². The number of anilines is 1. The molecule has 2 aromatic rings. The SMILES string of the molecule is COc1ccc(NCN2C(=O)S/C(=C/c3ccc4c(c3)OCO4)C2=O)cc1Cl. The first-order chi connectivity index (χ1) is 13.5. The summed E-state index contributed by atoms with van der Waals surface area (Å²) in [7, 11) is 1.53. The lowest BCUT2D eigenvalue weighted by Gasteiger charge is -2.15. The number of nitrogens with one attached hydrogen (secondary N) is 1. The topological polar surface area (TPSA) is 77.1 Å². The minimum Gasteiger partial charge on any atom is -0.495 e. The third-order valence-electron chi connectivity index (χ3n) is 4.16. The molecule has 2 aliphatic heterocycles. The molecule has 144 valence electrons. The lowest BCUT2D eigenvalue weighted by molar-refractivity contribution is -0.122. The van der Waals surface area contributed by atoms with E-state index in [0.29, 0.717) is 32.9 Å². The van der Waals surface area contributed by atoms with Crippen LogP contribution in [0.5, 0.6) is 17.2 Å². The van der Waals surface area contributed by atoms with Gasteiger partial charge in [-0.1, -0.05) is 17.7 Å². The highest BCUT2D eigenvalue weighted by Crippen LogP contribution is 2.36. The molecule has 2 aromatic carbocycles. The maximum absolute atomic E-state index is 12.6. The Morgan fingerprint density at radius 1 is 1.21 bits per heavy atom. The molecule has 0 atom stereocenters. The summed E-state index contributed by atoms with van der Waals surface area (Å²) in [6.07, 6.45) is 1.66. The molecule has 0 aliphatic carbocycles. The molecule has 7 nitrogen and oxygen atoms in total. The van der Waals surface area contributed by atoms with Gasteiger partial charge in [0, 0.05) is 5.69 Å². The highest BCUT2D eigenvalue weighted by Gasteiger charge is 2.35. The molecule has 1 N–H and O–H groups in total. The number of rotatable bonds is 5. The molecule has 1 fully saturated rings. The van der Waals surface area contributed by atoms with E-state index in [2.05, 4.69) is 5.32 Å². The number of halogens is 1. The van der Waals surface area contributed by atoms with Gasteiger partial charge < -0.3 is 19.5 Å². The van der Waals surface area contributed by atoms with Crippen molar-refractivity contribution in [2.24, 2.45) is 0 Å². The largest absolute Gasteiger partial charge is 0.495 e. The van der Waals surface area contributed by atoms with E-state index in [-0.39, 0.29) is 24.6 Å². The summed E-state index contributed by atoms with van der Waals surface area (Å²) < 4.78 is 15.7. The van der Waals surface area contributed by atoms with Crippen molar-refractivity contribution in [2.45, 2.75) is 0 Å². The molecule has 0 unspecified atom stereocenters. The van der Waals surface area contributed by atoms with Gasteiger partial charge in [0.25, 0.3) is 11.1 Å². The van der Waals surface area contributed by atoms with E-state index in [4.69, 9.17) is 25.8 Å². The lowest BCUT2D eigenvalue weighted by atomic mass is 10.2. The number of thioether (sulfide) groups is 1. The molecule has 4 rings (SSSR count). The zero-order valence-electron chi connectivity index (χ0n) is 14.7. The van der Waals surface area contributed by atoms with Crippen molar-refractivity contribution in [2.75, 3.05) is 25.9 Å². The average molecular weight is 419 g/mol. The second kappa shape index (κ2) is 7.65. The zero-order chi connectivity index (χ0) is 19.7. The Kier molecular flexibility index (Phi) is 5.06. The summed E-state index contributed by atoms with van der Waals surface area (Å²) in [6, 6.07) is 10.5. The van der Waals surface area contributed by atoms with Crippen LogP contribution in [0.1, 0.15) is 5.56 Å². The normalized spacial score (nSPS) is 16.8. The molecule has 0 saturated carbocycles. The molecule has 2 heterocycles. The second-order valence-corrected chi connectivity index (χ2v) is 7.31. The minimum absolute atomic E-state index is 0.0335. The predicted molar refractivity (Wildman–Crippen MR) is 107 cm³/mol. The van der Waals surface area contributed by atoms with E-state index in [0.717, 1.165) is 22.2 Å². The first-order valence-corrected chi connectivity index (χ1v) is 9.47. The van der Waals surface area contributed by atoms with Crippen molar-refractivity contribution in [3.8, 4) is 17.2 Å². The number of carbonyl (C=O) groups is 2. The van der Waals surface area contributed by atoms with Crippen LogP contribution in [0.2, 0.25) is 5.02 Å². The summed E-state index contributed by atoms with van der Waals surface area (Å²) >= 11 is 6.99. The number of nitrogens with zero attached hydrogens (tertiary/aromatic N) is 1. The number of ether oxygens (including phenoxy) is 3. The van der Waals surface area contributed by atoms with Gasteiger partial charge in [0.2, 0.25) is 6.79 Å². The summed E-state index contributed by atoms with van der Waals surface area (Å²) in [5.74, 6) is 1.46. The maximum atomic E-state index is 12.6. The fourth-order valence-electron chi connectivity index (χ4n) is 2.74. The van der Waals surface area contributed by atoms with Gasteiger partial charge >= 0.3 is 0 Å². The van der Waals surface area contributed by atoms with Crippen LogP contribution in [0.25, 0.3) is 6.08 Å². The Balaban J connectivity index is 1.46. The van der Waals surface area contributed by atoms with Crippen molar-refractivity contribution in [3.63, 3.8) is 0 Å². The summed E-state index contributed by atoms with van der Waals surface area (Å²) in [5.41, 5.74) is 1.43. The number of benzene rings is 2. The van der Waals surface area contributed by atoms with Crippen molar-refractivity contribution < 1.29 is 23.8 Å². The van der Waals surface area contributed by atoms with Gasteiger partial charge in [0.15, 0.2) is 11.5 Å². The molecular weight excluding hydrogens is 404 g/mol. The molecule has 0 bridgehead atoms. The smallest absolute Gasteiger partial charge is 0.295 e. The molecule has 0 spiro atoms. The number of amides is 2. The Morgan fingerprint density at radius 3 is 2.82 bits per heavy atom. The molecule has 1 saturated heterocycles. The quantitative estimate of drug-likeness (QED) is 0.729. The molecule has 0 radical (unpaired) electrons. The van der Waals surface area contributed by atoms with Gasteiger partial charge in [-0.25, -0.2) is 0 Å². The molecule has 2 aliphatic rings. The standard InChI is InChI=1S/C19H15ClN2O5S/c1-25-14-5-3-12(8-13(14)20)21-9-22-18(23)17(28-19(22)24)7-11-2-4-15-16(6-11)27-10-26-15/h2-8,21H,9-10H2,1H3/b17-7+. The van der Waals surface area contributed by atoms with Crippen LogP contribution in [0.4, 0.5) is 10.5 Å². The van der Waals surface area contributed by atoms with E-state index in [1.807, 2.05) is 0 Å². The molecule has 2 amide bonds. The Labute approximate surface area is 170 Å².